The van der Waals surface area contributed by atoms with Gasteiger partial charge in [0.05, 0.1) is 29.8 Å². The highest BCUT2D eigenvalue weighted by molar-refractivity contribution is 9.10. The van der Waals surface area contributed by atoms with E-state index in [9.17, 15) is 9.59 Å². The highest BCUT2D eigenvalue weighted by atomic mass is 79.9. The second-order valence-electron chi connectivity index (χ2n) is 6.51. The van der Waals surface area contributed by atoms with Crippen molar-refractivity contribution in [3.8, 4) is 0 Å². The molecule has 0 radical (unpaired) electrons. The van der Waals surface area contributed by atoms with Crippen LogP contribution in [0.25, 0.3) is 11.0 Å². The van der Waals surface area contributed by atoms with E-state index < -0.39 is 6.04 Å². The topological polar surface area (TPSA) is 76.6 Å². The Morgan fingerprint density at radius 2 is 1.93 bits per heavy atom. The standard InChI is InChI=1S/C21H13BrN2O4/c22-13-3-4-16-15(10-13)19(25)17-18(12-5-7-23-8-6-12)24(21(26)20(17)28-16)11-14-2-1-9-27-14/h1-10,18H,11H2. The van der Waals surface area contributed by atoms with Crippen molar-refractivity contribution in [3.05, 3.63) is 98.5 Å². The van der Waals surface area contributed by atoms with Crippen LogP contribution in [0.15, 0.2) is 79.2 Å². The Bertz CT molecular complexity index is 1250. The first kappa shape index (κ1) is 16.9. The van der Waals surface area contributed by atoms with Crippen LogP contribution in [0, 0.1) is 0 Å². The second-order valence-corrected chi connectivity index (χ2v) is 7.43. The number of hydrogen-bond acceptors (Lipinski definition) is 5. The van der Waals surface area contributed by atoms with E-state index in [1.807, 2.05) is 0 Å². The number of carbonyl (C=O) groups is 1. The molecule has 28 heavy (non-hydrogen) atoms. The van der Waals surface area contributed by atoms with Crippen LogP contribution < -0.4 is 5.43 Å². The minimum atomic E-state index is -0.574. The van der Waals surface area contributed by atoms with Gasteiger partial charge in [0.15, 0.2) is 5.43 Å². The first-order chi connectivity index (χ1) is 13.6. The number of carbonyl (C=O) groups excluding carboxylic acids is 1. The molecule has 0 fully saturated rings. The van der Waals surface area contributed by atoms with Crippen molar-refractivity contribution in [3.63, 3.8) is 0 Å². The zero-order chi connectivity index (χ0) is 19.3. The summed E-state index contributed by atoms with van der Waals surface area (Å²) in [6.45, 7) is 0.225. The molecule has 7 heteroatoms. The van der Waals surface area contributed by atoms with Crippen molar-refractivity contribution in [2.75, 3.05) is 0 Å². The Morgan fingerprint density at radius 1 is 1.11 bits per heavy atom. The highest BCUT2D eigenvalue weighted by Gasteiger charge is 2.43. The number of rotatable bonds is 3. The van der Waals surface area contributed by atoms with Gasteiger partial charge in [-0.1, -0.05) is 15.9 Å². The van der Waals surface area contributed by atoms with Crippen molar-refractivity contribution in [2.45, 2.75) is 12.6 Å². The Balaban J connectivity index is 1.76. The van der Waals surface area contributed by atoms with Gasteiger partial charge in [-0.05, 0) is 48.0 Å². The second kappa shape index (κ2) is 6.45. The SMILES string of the molecule is O=C1c2oc3ccc(Br)cc3c(=O)c2C(c2ccncc2)N1Cc1ccco1. The van der Waals surface area contributed by atoms with Crippen LogP contribution >= 0.6 is 15.9 Å². The molecule has 1 aliphatic rings. The van der Waals surface area contributed by atoms with E-state index in [2.05, 4.69) is 20.9 Å². The number of benzene rings is 1. The molecule has 1 aromatic carbocycles. The van der Waals surface area contributed by atoms with Crippen LogP contribution in [0.1, 0.15) is 33.5 Å². The molecule has 1 amide bonds. The molecule has 0 aliphatic carbocycles. The molecular weight excluding hydrogens is 424 g/mol. The van der Waals surface area contributed by atoms with Crippen LogP contribution in [0.4, 0.5) is 0 Å². The average molecular weight is 437 g/mol. The summed E-state index contributed by atoms with van der Waals surface area (Å²) in [7, 11) is 0. The van der Waals surface area contributed by atoms with Crippen LogP contribution in [-0.2, 0) is 6.54 Å². The fraction of sp³-hybridized carbons (Fsp3) is 0.0952. The molecule has 0 N–H and O–H groups in total. The number of aromatic nitrogens is 1. The monoisotopic (exact) mass is 436 g/mol. The quantitative estimate of drug-likeness (QED) is 0.478. The summed E-state index contributed by atoms with van der Waals surface area (Å²) >= 11 is 3.39. The molecule has 3 aromatic heterocycles. The fourth-order valence-electron chi connectivity index (χ4n) is 3.62. The number of nitrogens with zero attached hydrogens (tertiary/aromatic N) is 2. The van der Waals surface area contributed by atoms with E-state index in [4.69, 9.17) is 8.83 Å². The summed E-state index contributed by atoms with van der Waals surface area (Å²) in [5.41, 5.74) is 1.30. The fourth-order valence-corrected chi connectivity index (χ4v) is 3.98. The molecule has 1 aliphatic heterocycles. The number of fused-ring (bicyclic) bond motifs is 2. The highest BCUT2D eigenvalue weighted by Crippen LogP contribution is 2.39. The van der Waals surface area contributed by atoms with Gasteiger partial charge in [-0.3, -0.25) is 14.6 Å². The van der Waals surface area contributed by atoms with Crippen LogP contribution in [-0.4, -0.2) is 15.8 Å². The number of halogens is 1. The largest absolute Gasteiger partial charge is 0.467 e. The summed E-state index contributed by atoms with van der Waals surface area (Å²) in [6, 6.07) is 11.8. The first-order valence-corrected chi connectivity index (χ1v) is 9.42. The predicted molar refractivity (Wildman–Crippen MR) is 105 cm³/mol. The number of pyridine rings is 1. The lowest BCUT2D eigenvalue weighted by molar-refractivity contribution is 0.0701. The molecule has 0 saturated carbocycles. The van der Waals surface area contributed by atoms with Gasteiger partial charge in [0.2, 0.25) is 5.76 Å². The molecule has 138 valence electrons. The molecule has 0 spiro atoms. The number of hydrogen-bond donors (Lipinski definition) is 0. The van der Waals surface area contributed by atoms with E-state index >= 15 is 0 Å². The summed E-state index contributed by atoms with van der Waals surface area (Å²) in [6.07, 6.45) is 4.84. The smallest absolute Gasteiger partial charge is 0.291 e. The molecular formula is C21H13BrN2O4. The maximum absolute atomic E-state index is 13.4. The van der Waals surface area contributed by atoms with E-state index in [0.717, 1.165) is 10.0 Å². The van der Waals surface area contributed by atoms with Gasteiger partial charge in [-0.2, -0.15) is 0 Å². The molecule has 0 bridgehead atoms. The lowest BCUT2D eigenvalue weighted by Gasteiger charge is -2.24. The van der Waals surface area contributed by atoms with Crippen molar-refractivity contribution >= 4 is 32.8 Å². The molecule has 4 heterocycles. The zero-order valence-electron chi connectivity index (χ0n) is 14.5. The predicted octanol–water partition coefficient (Wildman–Crippen LogP) is 4.29. The van der Waals surface area contributed by atoms with Gasteiger partial charge in [0.25, 0.3) is 5.91 Å². The Hall–Kier alpha value is -3.19. The number of furan rings is 1. The molecule has 4 aromatic rings. The lowest BCUT2D eigenvalue weighted by atomic mass is 9.99. The third kappa shape index (κ3) is 2.58. The molecule has 0 saturated heterocycles. The van der Waals surface area contributed by atoms with Crippen molar-refractivity contribution < 1.29 is 13.6 Å². The minimum Gasteiger partial charge on any atom is -0.467 e. The van der Waals surface area contributed by atoms with E-state index in [1.54, 1.807) is 66.0 Å². The number of amides is 1. The van der Waals surface area contributed by atoms with Crippen molar-refractivity contribution in [1.29, 1.82) is 0 Å². The Morgan fingerprint density at radius 3 is 2.68 bits per heavy atom. The Kier molecular flexibility index (Phi) is 3.91. The summed E-state index contributed by atoms with van der Waals surface area (Å²) < 4.78 is 12.1. The van der Waals surface area contributed by atoms with Crippen molar-refractivity contribution in [1.82, 2.24) is 9.88 Å². The maximum Gasteiger partial charge on any atom is 0.291 e. The van der Waals surface area contributed by atoms with Crippen LogP contribution in [0.2, 0.25) is 0 Å². The van der Waals surface area contributed by atoms with Gasteiger partial charge in [0, 0.05) is 16.9 Å². The van der Waals surface area contributed by atoms with Gasteiger partial charge in [0.1, 0.15) is 11.3 Å². The van der Waals surface area contributed by atoms with Crippen LogP contribution in [0.5, 0.6) is 0 Å². The molecule has 1 unspecified atom stereocenters. The average Bonchev–Trinajstić information content (AvgIpc) is 3.31. The maximum atomic E-state index is 13.4. The van der Waals surface area contributed by atoms with Gasteiger partial charge in [-0.25, -0.2) is 0 Å². The van der Waals surface area contributed by atoms with E-state index in [0.29, 0.717) is 22.3 Å². The third-order valence-electron chi connectivity index (χ3n) is 4.86. The minimum absolute atomic E-state index is 0.0770. The van der Waals surface area contributed by atoms with E-state index in [-0.39, 0.29) is 23.6 Å². The van der Waals surface area contributed by atoms with Gasteiger partial charge >= 0.3 is 0 Å². The summed E-state index contributed by atoms with van der Waals surface area (Å²) in [4.78, 5) is 32.2. The molecule has 6 nitrogen and oxygen atoms in total. The zero-order valence-corrected chi connectivity index (χ0v) is 16.0. The lowest BCUT2D eigenvalue weighted by Crippen LogP contribution is -2.29. The van der Waals surface area contributed by atoms with Gasteiger partial charge in [-0.15, -0.1) is 0 Å². The normalized spacial score (nSPS) is 16.0. The first-order valence-electron chi connectivity index (χ1n) is 8.63. The summed E-state index contributed by atoms with van der Waals surface area (Å²) in [5.74, 6) is 0.364. The van der Waals surface area contributed by atoms with E-state index in [1.165, 1.54) is 0 Å². The molecule has 1 atom stereocenters. The van der Waals surface area contributed by atoms with Gasteiger partial charge < -0.3 is 13.7 Å². The third-order valence-corrected chi connectivity index (χ3v) is 5.35. The molecule has 5 rings (SSSR count). The van der Waals surface area contributed by atoms with Crippen LogP contribution in [0.3, 0.4) is 0 Å². The van der Waals surface area contributed by atoms with Crippen molar-refractivity contribution in [2.24, 2.45) is 0 Å². The summed E-state index contributed by atoms with van der Waals surface area (Å²) in [5, 5.41) is 0.430. The Labute approximate surface area is 167 Å².